The second-order valence-electron chi connectivity index (χ2n) is 7.12. The van der Waals surface area contributed by atoms with Crippen LogP contribution in [0.3, 0.4) is 0 Å². The van der Waals surface area contributed by atoms with Crippen LogP contribution in [-0.2, 0) is 15.3 Å². The van der Waals surface area contributed by atoms with Crippen LogP contribution < -0.4 is 0 Å². The number of esters is 1. The van der Waals surface area contributed by atoms with Gasteiger partial charge in [0.2, 0.25) is 0 Å². The molecule has 0 bridgehead atoms. The molecule has 0 N–H and O–H groups in total. The van der Waals surface area contributed by atoms with Gasteiger partial charge in [-0.3, -0.25) is 4.68 Å². The molecule has 0 aliphatic heterocycles. The molecule has 1 aliphatic rings. The summed E-state index contributed by atoms with van der Waals surface area (Å²) < 4.78 is 60.3. The van der Waals surface area contributed by atoms with Crippen molar-refractivity contribution in [2.75, 3.05) is 6.61 Å². The van der Waals surface area contributed by atoms with Crippen LogP contribution in [-0.4, -0.2) is 36.3 Å². The van der Waals surface area contributed by atoms with Crippen molar-refractivity contribution in [3.8, 4) is 0 Å². The Labute approximate surface area is 141 Å². The molecule has 0 atom stereocenters. The first-order chi connectivity index (χ1) is 11.2. The number of ether oxygens (including phenoxy) is 1. The molecule has 1 aliphatic carbocycles. The van der Waals surface area contributed by atoms with Crippen LogP contribution in [0.15, 0.2) is 6.20 Å². The first-order valence-corrected chi connectivity index (χ1v) is 11.1. The molecule has 0 radical (unpaired) electrons. The summed E-state index contributed by atoms with van der Waals surface area (Å²) in [5, 5.41) is 3.71. The van der Waals surface area contributed by atoms with Gasteiger partial charge in [-0.25, -0.2) is 4.79 Å². The first kappa shape index (κ1) is 17.5. The zero-order valence-electron chi connectivity index (χ0n) is 15.5. The van der Waals surface area contributed by atoms with Crippen LogP contribution in [0.4, 0.5) is 13.2 Å². The zero-order valence-corrected chi connectivity index (χ0v) is 15.5. The first-order valence-electron chi connectivity index (χ1n) is 8.24. The third-order valence-corrected chi connectivity index (χ3v) is 4.65. The summed E-state index contributed by atoms with van der Waals surface area (Å²) in [7, 11) is -1.91. The summed E-state index contributed by atoms with van der Waals surface area (Å²) in [6, 6.07) is -1.61. The maximum Gasteiger partial charge on any atom is 0.433 e. The third-order valence-electron chi connectivity index (χ3n) is 3.54. The van der Waals surface area contributed by atoms with Gasteiger partial charge in [0.05, 0.1) is 25.8 Å². The molecule has 0 amide bonds. The predicted molar refractivity (Wildman–Crippen MR) is 84.3 cm³/mol. The number of aromatic nitrogens is 2. The molecule has 1 fully saturated rings. The predicted octanol–water partition coefficient (Wildman–Crippen LogP) is 4.02. The maximum absolute atomic E-state index is 13.5. The molecule has 24 heavy (non-hydrogen) atoms. The summed E-state index contributed by atoms with van der Waals surface area (Å²) in [4.78, 5) is 11.8. The monoisotopic (exact) mass is 365 g/mol. The Hall–Kier alpha value is -1.35. The van der Waals surface area contributed by atoms with E-state index >= 15 is 0 Å². The molecule has 1 aromatic rings. The SMILES string of the molecule is [2H]C1(n2ncc(C(=O)OCC)c2C(F)(F)F)CC(C)(O[Si](C)(C)C)C1. The molecular weight excluding hydrogens is 341 g/mol. The molecule has 0 aromatic carbocycles. The number of nitrogens with zero attached hydrogens (tertiary/aromatic N) is 2. The van der Waals surface area contributed by atoms with Crippen LogP contribution in [0.5, 0.6) is 0 Å². The van der Waals surface area contributed by atoms with E-state index in [1.807, 2.05) is 19.6 Å². The van der Waals surface area contributed by atoms with Crippen LogP contribution >= 0.6 is 0 Å². The van der Waals surface area contributed by atoms with Crippen molar-refractivity contribution in [3.63, 3.8) is 0 Å². The Balaban J connectivity index is 2.36. The molecule has 5 nitrogen and oxygen atoms in total. The maximum atomic E-state index is 13.5. The molecule has 0 unspecified atom stereocenters. The van der Waals surface area contributed by atoms with Crippen molar-refractivity contribution < 1.29 is 28.5 Å². The van der Waals surface area contributed by atoms with Crippen molar-refractivity contribution in [1.82, 2.24) is 9.78 Å². The molecule has 1 aromatic heterocycles. The van der Waals surface area contributed by atoms with E-state index in [0.29, 0.717) is 4.68 Å². The van der Waals surface area contributed by atoms with Gasteiger partial charge in [-0.1, -0.05) is 0 Å². The normalized spacial score (nSPS) is 28.2. The van der Waals surface area contributed by atoms with Gasteiger partial charge in [0, 0.05) is 0 Å². The smallest absolute Gasteiger partial charge is 0.433 e. The molecule has 1 heterocycles. The number of rotatable bonds is 5. The minimum Gasteiger partial charge on any atom is -0.462 e. The molecule has 136 valence electrons. The number of hydrogen-bond acceptors (Lipinski definition) is 4. The summed E-state index contributed by atoms with van der Waals surface area (Å²) in [5.74, 6) is -1.09. The van der Waals surface area contributed by atoms with Crippen LogP contribution in [0, 0.1) is 0 Å². The Bertz CT molecular complexity index is 664. The highest BCUT2D eigenvalue weighted by molar-refractivity contribution is 6.69. The van der Waals surface area contributed by atoms with Crippen molar-refractivity contribution in [2.24, 2.45) is 0 Å². The highest BCUT2D eigenvalue weighted by Gasteiger charge is 2.49. The average molecular weight is 365 g/mol. The van der Waals surface area contributed by atoms with Crippen LogP contribution in [0.1, 0.15) is 50.1 Å². The fourth-order valence-corrected chi connectivity index (χ4v) is 4.61. The lowest BCUT2D eigenvalue weighted by molar-refractivity contribution is -0.149. The summed E-state index contributed by atoms with van der Waals surface area (Å²) in [5.41, 5.74) is -2.57. The Kier molecular flexibility index (Phi) is 4.50. The average Bonchev–Trinajstić information content (AvgIpc) is 2.79. The van der Waals surface area contributed by atoms with Crippen molar-refractivity contribution in [1.29, 1.82) is 0 Å². The largest absolute Gasteiger partial charge is 0.462 e. The van der Waals surface area contributed by atoms with E-state index in [1.165, 1.54) is 6.92 Å². The van der Waals surface area contributed by atoms with Crippen molar-refractivity contribution >= 4 is 14.3 Å². The fraction of sp³-hybridized carbons (Fsp3) is 0.733. The van der Waals surface area contributed by atoms with Gasteiger partial charge in [-0.2, -0.15) is 18.3 Å². The van der Waals surface area contributed by atoms with Gasteiger partial charge in [0.15, 0.2) is 14.0 Å². The molecule has 9 heteroatoms. The Morgan fingerprint density at radius 1 is 1.50 bits per heavy atom. The summed E-state index contributed by atoms with van der Waals surface area (Å²) in [6.45, 7) is 9.20. The minimum absolute atomic E-state index is 0.0462. The molecular formula is C15H23F3N2O3Si. The van der Waals surface area contributed by atoms with Gasteiger partial charge in [-0.05, 0) is 46.3 Å². The lowest BCUT2D eigenvalue weighted by Crippen LogP contribution is -2.50. The van der Waals surface area contributed by atoms with E-state index < -0.39 is 43.3 Å². The number of carbonyl (C=O) groups excluding carboxylic acids is 1. The summed E-state index contributed by atoms with van der Waals surface area (Å²) >= 11 is 0. The molecule has 2 rings (SSSR count). The standard InChI is InChI=1S/C15H23F3N2O3Si/c1-6-22-13(21)11-9-19-20(12(11)15(16,17)18)10-7-14(2,8-10)23-24(3,4)5/h9-10H,6-8H2,1-5H3/i10D. The fourth-order valence-electron chi connectivity index (χ4n) is 2.99. The van der Waals surface area contributed by atoms with Crippen molar-refractivity contribution in [3.05, 3.63) is 17.5 Å². The quantitative estimate of drug-likeness (QED) is 0.584. The van der Waals surface area contributed by atoms with E-state index in [2.05, 4.69) is 9.84 Å². The van der Waals surface area contributed by atoms with Gasteiger partial charge < -0.3 is 9.16 Å². The Morgan fingerprint density at radius 3 is 2.54 bits per heavy atom. The van der Waals surface area contributed by atoms with Gasteiger partial charge >= 0.3 is 12.1 Å². The van der Waals surface area contributed by atoms with Gasteiger partial charge in [0.1, 0.15) is 5.56 Å². The van der Waals surface area contributed by atoms with E-state index in [9.17, 15) is 18.0 Å². The number of hydrogen-bond donors (Lipinski definition) is 0. The number of alkyl halides is 3. The second-order valence-corrected chi connectivity index (χ2v) is 11.5. The van der Waals surface area contributed by atoms with E-state index in [4.69, 9.17) is 5.80 Å². The molecule has 1 saturated carbocycles. The minimum atomic E-state index is -4.82. The zero-order chi connectivity index (χ0) is 19.3. The Morgan fingerprint density at radius 2 is 2.08 bits per heavy atom. The number of carbonyl (C=O) groups is 1. The molecule has 0 saturated heterocycles. The lowest BCUT2D eigenvalue weighted by atomic mass is 9.77. The van der Waals surface area contributed by atoms with E-state index in [1.54, 1.807) is 6.92 Å². The van der Waals surface area contributed by atoms with Gasteiger partial charge in [-0.15, -0.1) is 0 Å². The number of halogens is 3. The highest BCUT2D eigenvalue weighted by atomic mass is 28.4. The molecule has 0 spiro atoms. The topological polar surface area (TPSA) is 53.4 Å². The third kappa shape index (κ3) is 4.00. The van der Waals surface area contributed by atoms with E-state index in [-0.39, 0.29) is 19.4 Å². The highest BCUT2D eigenvalue weighted by Crippen LogP contribution is 2.47. The van der Waals surface area contributed by atoms with Gasteiger partial charge in [0.25, 0.3) is 0 Å². The van der Waals surface area contributed by atoms with Crippen LogP contribution in [0.25, 0.3) is 0 Å². The van der Waals surface area contributed by atoms with Crippen LogP contribution in [0.2, 0.25) is 19.6 Å². The van der Waals surface area contributed by atoms with E-state index in [0.717, 1.165) is 6.20 Å². The lowest BCUT2D eigenvalue weighted by Gasteiger charge is -2.48. The summed E-state index contributed by atoms with van der Waals surface area (Å²) in [6.07, 6.45) is -3.86. The van der Waals surface area contributed by atoms with Crippen molar-refractivity contribution in [2.45, 2.75) is 64.1 Å². The second kappa shape index (κ2) is 6.18.